The number of hydrogen-bond acceptors (Lipinski definition) is 3. The van der Waals surface area contributed by atoms with Gasteiger partial charge in [-0.1, -0.05) is 13.3 Å². The third-order valence-electron chi connectivity index (χ3n) is 4.81. The second kappa shape index (κ2) is 5.06. The Morgan fingerprint density at radius 2 is 2.33 bits per heavy atom. The lowest BCUT2D eigenvalue weighted by Crippen LogP contribution is -2.48. The molecule has 2 aliphatic rings. The van der Waals surface area contributed by atoms with E-state index in [0.717, 1.165) is 25.9 Å². The number of nitrogens with two attached hydrogens (primary N) is 1. The number of rotatable bonds is 2. The monoisotopic (exact) mass is 248 g/mol. The Kier molecular flexibility index (Phi) is 3.44. The summed E-state index contributed by atoms with van der Waals surface area (Å²) >= 11 is 0. The predicted molar refractivity (Wildman–Crippen MR) is 72.3 cm³/mol. The van der Waals surface area contributed by atoms with Crippen molar-refractivity contribution >= 4 is 0 Å². The first-order chi connectivity index (χ1) is 8.79. The molecule has 0 spiro atoms. The Balaban J connectivity index is 1.77. The predicted octanol–water partition coefficient (Wildman–Crippen LogP) is 2.72. The number of piperidine rings is 1. The minimum Gasteiger partial charge on any atom is -0.469 e. The molecule has 0 saturated carbocycles. The number of aryl methyl sites for hydroxylation is 1. The van der Waals surface area contributed by atoms with Crippen molar-refractivity contribution in [2.45, 2.75) is 51.1 Å². The fourth-order valence-corrected chi connectivity index (χ4v) is 3.63. The number of furan rings is 1. The Morgan fingerprint density at radius 3 is 3.17 bits per heavy atom. The highest BCUT2D eigenvalue weighted by Crippen LogP contribution is 2.37. The van der Waals surface area contributed by atoms with Gasteiger partial charge in [-0.3, -0.25) is 4.90 Å². The highest BCUT2D eigenvalue weighted by molar-refractivity contribution is 5.24. The van der Waals surface area contributed by atoms with Crippen molar-refractivity contribution in [1.82, 2.24) is 4.90 Å². The topological polar surface area (TPSA) is 42.4 Å². The molecular formula is C15H24N2O. The van der Waals surface area contributed by atoms with Gasteiger partial charge in [0.15, 0.2) is 0 Å². The van der Waals surface area contributed by atoms with Gasteiger partial charge >= 0.3 is 0 Å². The Morgan fingerprint density at radius 1 is 1.44 bits per heavy atom. The molecule has 1 aromatic rings. The molecule has 0 aromatic carbocycles. The van der Waals surface area contributed by atoms with Gasteiger partial charge in [-0.2, -0.15) is 0 Å². The SMILES string of the molecule is CCC1CN(C2CCCc3occc32)CCC1N. The van der Waals surface area contributed by atoms with E-state index < -0.39 is 0 Å². The minimum absolute atomic E-state index is 0.402. The zero-order chi connectivity index (χ0) is 12.5. The van der Waals surface area contributed by atoms with E-state index in [1.54, 1.807) is 0 Å². The van der Waals surface area contributed by atoms with E-state index in [-0.39, 0.29) is 0 Å². The van der Waals surface area contributed by atoms with Gasteiger partial charge in [0.05, 0.1) is 6.26 Å². The van der Waals surface area contributed by atoms with Gasteiger partial charge in [-0.15, -0.1) is 0 Å². The van der Waals surface area contributed by atoms with Gasteiger partial charge in [0, 0.05) is 37.2 Å². The largest absolute Gasteiger partial charge is 0.469 e. The summed E-state index contributed by atoms with van der Waals surface area (Å²) in [7, 11) is 0. The van der Waals surface area contributed by atoms with Crippen LogP contribution in [0, 0.1) is 5.92 Å². The van der Waals surface area contributed by atoms with Crippen LogP contribution >= 0.6 is 0 Å². The van der Waals surface area contributed by atoms with E-state index in [1.807, 2.05) is 6.26 Å². The maximum atomic E-state index is 6.21. The molecule has 3 rings (SSSR count). The lowest BCUT2D eigenvalue weighted by atomic mass is 9.86. The van der Waals surface area contributed by atoms with Crippen molar-refractivity contribution < 1.29 is 4.42 Å². The number of likely N-dealkylation sites (tertiary alicyclic amines) is 1. The molecule has 0 bridgehead atoms. The lowest BCUT2D eigenvalue weighted by Gasteiger charge is -2.42. The van der Waals surface area contributed by atoms with E-state index >= 15 is 0 Å². The Hall–Kier alpha value is -0.800. The minimum atomic E-state index is 0.402. The summed E-state index contributed by atoms with van der Waals surface area (Å²) in [4.78, 5) is 2.64. The molecule has 0 radical (unpaired) electrons. The molecule has 3 nitrogen and oxygen atoms in total. The van der Waals surface area contributed by atoms with Crippen LogP contribution in [0.2, 0.25) is 0 Å². The fourth-order valence-electron chi connectivity index (χ4n) is 3.63. The molecule has 100 valence electrons. The maximum absolute atomic E-state index is 6.21. The smallest absolute Gasteiger partial charge is 0.108 e. The van der Waals surface area contributed by atoms with Crippen LogP contribution in [0.3, 0.4) is 0 Å². The molecular weight excluding hydrogens is 224 g/mol. The first-order valence-electron chi connectivity index (χ1n) is 7.35. The normalized spacial score (nSPS) is 33.3. The zero-order valence-corrected chi connectivity index (χ0v) is 11.3. The van der Waals surface area contributed by atoms with E-state index in [1.165, 1.54) is 30.6 Å². The van der Waals surface area contributed by atoms with Crippen LogP contribution in [0.15, 0.2) is 16.7 Å². The van der Waals surface area contributed by atoms with E-state index in [9.17, 15) is 0 Å². The van der Waals surface area contributed by atoms with Crippen molar-refractivity contribution in [3.8, 4) is 0 Å². The number of fused-ring (bicyclic) bond motifs is 1. The van der Waals surface area contributed by atoms with E-state index in [2.05, 4.69) is 17.9 Å². The molecule has 18 heavy (non-hydrogen) atoms. The van der Waals surface area contributed by atoms with Crippen LogP contribution < -0.4 is 5.73 Å². The van der Waals surface area contributed by atoms with Crippen molar-refractivity contribution in [3.05, 3.63) is 23.7 Å². The van der Waals surface area contributed by atoms with Gasteiger partial charge in [0.25, 0.3) is 0 Å². The average Bonchev–Trinajstić information content (AvgIpc) is 2.87. The molecule has 1 saturated heterocycles. The van der Waals surface area contributed by atoms with Crippen LogP contribution in [-0.4, -0.2) is 24.0 Å². The van der Waals surface area contributed by atoms with Crippen LogP contribution in [0.25, 0.3) is 0 Å². The highest BCUT2D eigenvalue weighted by atomic mass is 16.3. The molecule has 2 N–H and O–H groups in total. The fraction of sp³-hybridized carbons (Fsp3) is 0.733. The highest BCUT2D eigenvalue weighted by Gasteiger charge is 2.33. The van der Waals surface area contributed by atoms with Crippen LogP contribution in [0.4, 0.5) is 0 Å². The number of hydrogen-bond donors (Lipinski definition) is 1. The summed E-state index contributed by atoms with van der Waals surface area (Å²) in [5.74, 6) is 1.88. The molecule has 0 amide bonds. The van der Waals surface area contributed by atoms with Gasteiger partial charge < -0.3 is 10.2 Å². The van der Waals surface area contributed by atoms with Crippen molar-refractivity contribution in [3.63, 3.8) is 0 Å². The molecule has 3 unspecified atom stereocenters. The summed E-state index contributed by atoms with van der Waals surface area (Å²) in [5, 5.41) is 0. The standard InChI is InChI=1S/C15H24N2O/c1-2-11-10-17(8-6-13(11)16)14-4-3-5-15-12(14)7-9-18-15/h7,9,11,13-14H,2-6,8,10,16H2,1H3. The van der Waals surface area contributed by atoms with Crippen molar-refractivity contribution in [2.75, 3.05) is 13.1 Å². The second-order valence-corrected chi connectivity index (χ2v) is 5.82. The van der Waals surface area contributed by atoms with Crippen LogP contribution in [0.1, 0.15) is 50.0 Å². The summed E-state index contributed by atoms with van der Waals surface area (Å²) in [5.41, 5.74) is 7.65. The van der Waals surface area contributed by atoms with E-state index in [4.69, 9.17) is 10.2 Å². The second-order valence-electron chi connectivity index (χ2n) is 5.82. The molecule has 1 fully saturated rings. The molecule has 1 aliphatic heterocycles. The van der Waals surface area contributed by atoms with Crippen molar-refractivity contribution in [2.24, 2.45) is 11.7 Å². The molecule has 3 atom stereocenters. The third kappa shape index (κ3) is 2.10. The lowest BCUT2D eigenvalue weighted by molar-refractivity contribution is 0.0952. The van der Waals surface area contributed by atoms with Gasteiger partial charge in [0.1, 0.15) is 5.76 Å². The first kappa shape index (κ1) is 12.2. The van der Waals surface area contributed by atoms with Crippen LogP contribution in [-0.2, 0) is 6.42 Å². The van der Waals surface area contributed by atoms with Crippen LogP contribution in [0.5, 0.6) is 0 Å². The molecule has 1 aromatic heterocycles. The quantitative estimate of drug-likeness (QED) is 0.875. The maximum Gasteiger partial charge on any atom is 0.108 e. The summed E-state index contributed by atoms with van der Waals surface area (Å²) < 4.78 is 5.60. The van der Waals surface area contributed by atoms with Gasteiger partial charge in [-0.05, 0) is 31.2 Å². The third-order valence-corrected chi connectivity index (χ3v) is 4.81. The van der Waals surface area contributed by atoms with Gasteiger partial charge in [-0.25, -0.2) is 0 Å². The number of nitrogens with zero attached hydrogens (tertiary/aromatic N) is 1. The molecule has 1 aliphatic carbocycles. The Labute approximate surface area is 109 Å². The average molecular weight is 248 g/mol. The summed E-state index contributed by atoms with van der Waals surface area (Å²) in [6.07, 6.45) is 7.84. The first-order valence-corrected chi connectivity index (χ1v) is 7.35. The van der Waals surface area contributed by atoms with Crippen molar-refractivity contribution in [1.29, 1.82) is 0 Å². The zero-order valence-electron chi connectivity index (χ0n) is 11.3. The summed E-state index contributed by atoms with van der Waals surface area (Å²) in [6.45, 7) is 4.57. The molecule has 3 heteroatoms. The van der Waals surface area contributed by atoms with E-state index in [0.29, 0.717) is 18.0 Å². The Bertz CT molecular complexity index is 401. The molecule has 2 heterocycles. The summed E-state index contributed by atoms with van der Waals surface area (Å²) in [6, 6.07) is 3.15. The van der Waals surface area contributed by atoms with Gasteiger partial charge in [0.2, 0.25) is 0 Å².